The van der Waals surface area contributed by atoms with Crippen molar-refractivity contribution < 1.29 is 13.9 Å². The molecule has 0 radical (unpaired) electrons. The number of carbonyl (C=O) groups excluding carboxylic acids is 1. The summed E-state index contributed by atoms with van der Waals surface area (Å²) in [4.78, 5) is 14.1. The molecule has 0 bridgehead atoms. The minimum Gasteiger partial charge on any atom is -0.481 e. The molecule has 2 aromatic carbocycles. The van der Waals surface area contributed by atoms with Gasteiger partial charge < -0.3 is 9.64 Å². The first kappa shape index (κ1) is 14.6. The normalized spacial score (nSPS) is 13.6. The Balaban J connectivity index is 1.73. The number of ether oxygens (including phenoxy) is 1. The molecule has 0 saturated carbocycles. The molecule has 1 aliphatic heterocycles. The van der Waals surface area contributed by atoms with E-state index in [1.165, 1.54) is 23.3 Å². The van der Waals surface area contributed by atoms with Gasteiger partial charge in [-0.2, -0.15) is 0 Å². The minimum absolute atomic E-state index is 0.108. The molecular formula is C18H18FNO2. The van der Waals surface area contributed by atoms with Gasteiger partial charge in [0.25, 0.3) is 5.91 Å². The Morgan fingerprint density at radius 2 is 2.09 bits per heavy atom. The van der Waals surface area contributed by atoms with Crippen LogP contribution < -0.4 is 9.64 Å². The molecule has 1 aliphatic rings. The van der Waals surface area contributed by atoms with Crippen molar-refractivity contribution in [2.45, 2.75) is 19.8 Å². The molecule has 0 atom stereocenters. The number of fused-ring (bicyclic) bond motifs is 1. The van der Waals surface area contributed by atoms with E-state index in [4.69, 9.17) is 4.74 Å². The summed E-state index contributed by atoms with van der Waals surface area (Å²) in [6.45, 7) is 2.56. The molecule has 3 nitrogen and oxygen atoms in total. The van der Waals surface area contributed by atoms with Crippen molar-refractivity contribution in [3.05, 3.63) is 59.4 Å². The van der Waals surface area contributed by atoms with Crippen LogP contribution in [0, 0.1) is 12.7 Å². The van der Waals surface area contributed by atoms with Gasteiger partial charge in [-0.3, -0.25) is 4.79 Å². The van der Waals surface area contributed by atoms with Gasteiger partial charge >= 0.3 is 0 Å². The van der Waals surface area contributed by atoms with Gasteiger partial charge in [-0.05, 0) is 43.5 Å². The molecule has 0 aliphatic carbocycles. The van der Waals surface area contributed by atoms with Gasteiger partial charge in [0.1, 0.15) is 0 Å². The highest BCUT2D eigenvalue weighted by atomic mass is 19.1. The second-order valence-corrected chi connectivity index (χ2v) is 5.50. The number of aryl methyl sites for hydroxylation is 2. The summed E-state index contributed by atoms with van der Waals surface area (Å²) in [5.41, 5.74) is 3.32. The molecule has 0 unspecified atom stereocenters. The van der Waals surface area contributed by atoms with Crippen LogP contribution in [0.4, 0.5) is 10.1 Å². The van der Waals surface area contributed by atoms with Crippen LogP contribution in [0.2, 0.25) is 0 Å². The predicted octanol–water partition coefficient (Wildman–Crippen LogP) is 3.49. The van der Waals surface area contributed by atoms with Gasteiger partial charge in [0, 0.05) is 12.2 Å². The van der Waals surface area contributed by atoms with Crippen molar-refractivity contribution >= 4 is 11.6 Å². The van der Waals surface area contributed by atoms with Crippen molar-refractivity contribution in [2.75, 3.05) is 18.1 Å². The number of carbonyl (C=O) groups is 1. The smallest absolute Gasteiger partial charge is 0.264 e. The third-order valence-electron chi connectivity index (χ3n) is 3.84. The van der Waals surface area contributed by atoms with E-state index < -0.39 is 5.82 Å². The fraction of sp³-hybridized carbons (Fsp3) is 0.278. The molecule has 2 aromatic rings. The summed E-state index contributed by atoms with van der Waals surface area (Å²) < 4.78 is 18.8. The van der Waals surface area contributed by atoms with Crippen LogP contribution in [0.15, 0.2) is 42.5 Å². The second kappa shape index (κ2) is 6.18. The maximum absolute atomic E-state index is 13.5. The summed E-state index contributed by atoms with van der Waals surface area (Å²) in [7, 11) is 0. The number of rotatable bonds is 3. The lowest BCUT2D eigenvalue weighted by Crippen LogP contribution is -2.38. The van der Waals surface area contributed by atoms with Crippen LogP contribution in [-0.4, -0.2) is 19.1 Å². The Kier molecular flexibility index (Phi) is 4.09. The lowest BCUT2D eigenvalue weighted by molar-refractivity contribution is -0.120. The first-order valence-corrected chi connectivity index (χ1v) is 7.42. The number of anilines is 1. The van der Waals surface area contributed by atoms with Gasteiger partial charge in [-0.1, -0.05) is 29.8 Å². The molecule has 0 spiro atoms. The zero-order valence-electron chi connectivity index (χ0n) is 12.5. The number of amides is 1. The number of hydrogen-bond donors (Lipinski definition) is 0. The van der Waals surface area contributed by atoms with Crippen LogP contribution in [-0.2, 0) is 11.2 Å². The molecule has 3 rings (SSSR count). The number of para-hydroxylation sites is 1. The Morgan fingerprint density at radius 1 is 1.27 bits per heavy atom. The SMILES string of the molecule is Cc1ccc2c(c1)CCCN2C(=O)COc1ccccc1F. The molecule has 4 heteroatoms. The largest absolute Gasteiger partial charge is 0.481 e. The van der Waals surface area contributed by atoms with Crippen molar-refractivity contribution in [3.8, 4) is 5.75 Å². The maximum Gasteiger partial charge on any atom is 0.264 e. The average Bonchev–Trinajstić information content (AvgIpc) is 2.53. The van der Waals surface area contributed by atoms with E-state index in [-0.39, 0.29) is 18.3 Å². The van der Waals surface area contributed by atoms with Gasteiger partial charge in [0.2, 0.25) is 0 Å². The Bertz CT molecular complexity index is 699. The summed E-state index contributed by atoms with van der Waals surface area (Å²) in [5, 5.41) is 0. The summed E-state index contributed by atoms with van der Waals surface area (Å²) in [6.07, 6.45) is 1.91. The van der Waals surface area contributed by atoms with Crippen molar-refractivity contribution in [2.24, 2.45) is 0 Å². The Hall–Kier alpha value is -2.36. The second-order valence-electron chi connectivity index (χ2n) is 5.50. The minimum atomic E-state index is -0.454. The molecule has 114 valence electrons. The topological polar surface area (TPSA) is 29.5 Å². The fourth-order valence-corrected chi connectivity index (χ4v) is 2.76. The average molecular weight is 299 g/mol. The first-order valence-electron chi connectivity index (χ1n) is 7.42. The van der Waals surface area contributed by atoms with E-state index in [1.54, 1.807) is 17.0 Å². The number of hydrogen-bond acceptors (Lipinski definition) is 2. The third kappa shape index (κ3) is 2.96. The van der Waals surface area contributed by atoms with Gasteiger partial charge in [0.05, 0.1) is 0 Å². The van der Waals surface area contributed by atoms with Crippen LogP contribution in [0.1, 0.15) is 17.5 Å². The predicted molar refractivity (Wildman–Crippen MR) is 83.7 cm³/mol. The summed E-state index contributed by atoms with van der Waals surface area (Å²) >= 11 is 0. The van der Waals surface area contributed by atoms with E-state index in [1.807, 2.05) is 19.1 Å². The third-order valence-corrected chi connectivity index (χ3v) is 3.84. The van der Waals surface area contributed by atoms with Crippen molar-refractivity contribution in [3.63, 3.8) is 0 Å². The van der Waals surface area contributed by atoms with Gasteiger partial charge in [0.15, 0.2) is 18.2 Å². The summed E-state index contributed by atoms with van der Waals surface area (Å²) in [5.74, 6) is -0.491. The van der Waals surface area contributed by atoms with Gasteiger partial charge in [-0.25, -0.2) is 4.39 Å². The lowest BCUT2D eigenvalue weighted by Gasteiger charge is -2.29. The fourth-order valence-electron chi connectivity index (χ4n) is 2.76. The highest BCUT2D eigenvalue weighted by Gasteiger charge is 2.23. The lowest BCUT2D eigenvalue weighted by atomic mass is 9.99. The highest BCUT2D eigenvalue weighted by molar-refractivity contribution is 5.95. The van der Waals surface area contributed by atoms with E-state index >= 15 is 0 Å². The quantitative estimate of drug-likeness (QED) is 0.868. The van der Waals surface area contributed by atoms with E-state index in [9.17, 15) is 9.18 Å². The molecular weight excluding hydrogens is 281 g/mol. The van der Waals surface area contributed by atoms with Crippen LogP contribution >= 0.6 is 0 Å². The molecule has 0 aromatic heterocycles. The number of halogens is 1. The van der Waals surface area contributed by atoms with E-state index in [0.717, 1.165) is 18.5 Å². The molecule has 0 saturated heterocycles. The standard InChI is InChI=1S/C18H18FNO2/c1-13-8-9-16-14(11-13)5-4-10-20(16)18(21)12-22-17-7-3-2-6-15(17)19/h2-3,6-9,11H,4-5,10,12H2,1H3. The zero-order valence-corrected chi connectivity index (χ0v) is 12.5. The van der Waals surface area contributed by atoms with E-state index in [2.05, 4.69) is 6.07 Å². The van der Waals surface area contributed by atoms with Crippen LogP contribution in [0.3, 0.4) is 0 Å². The Labute approximate surface area is 129 Å². The van der Waals surface area contributed by atoms with Crippen molar-refractivity contribution in [1.29, 1.82) is 0 Å². The molecule has 1 heterocycles. The van der Waals surface area contributed by atoms with Crippen molar-refractivity contribution in [1.82, 2.24) is 0 Å². The van der Waals surface area contributed by atoms with Crippen LogP contribution in [0.25, 0.3) is 0 Å². The Morgan fingerprint density at radius 3 is 2.91 bits per heavy atom. The van der Waals surface area contributed by atoms with Gasteiger partial charge in [-0.15, -0.1) is 0 Å². The first-order chi connectivity index (χ1) is 10.6. The molecule has 22 heavy (non-hydrogen) atoms. The number of nitrogens with zero attached hydrogens (tertiary/aromatic N) is 1. The molecule has 1 amide bonds. The monoisotopic (exact) mass is 299 g/mol. The highest BCUT2D eigenvalue weighted by Crippen LogP contribution is 2.28. The maximum atomic E-state index is 13.5. The van der Waals surface area contributed by atoms with Crippen LogP contribution in [0.5, 0.6) is 5.75 Å². The summed E-state index contributed by atoms with van der Waals surface area (Å²) in [6, 6.07) is 12.2. The molecule has 0 N–H and O–H groups in total. The van der Waals surface area contributed by atoms with E-state index in [0.29, 0.717) is 6.54 Å². The number of benzene rings is 2. The zero-order chi connectivity index (χ0) is 15.5. The molecule has 0 fully saturated rings.